The predicted molar refractivity (Wildman–Crippen MR) is 82.5 cm³/mol. The van der Waals surface area contributed by atoms with E-state index in [1.165, 1.54) is 0 Å². The lowest BCUT2D eigenvalue weighted by molar-refractivity contribution is -0.136. The van der Waals surface area contributed by atoms with Gasteiger partial charge in [-0.3, -0.25) is 4.79 Å². The molecule has 1 atom stereocenters. The Morgan fingerprint density at radius 3 is 2.50 bits per heavy atom. The second kappa shape index (κ2) is 6.10. The third kappa shape index (κ3) is 3.73. The van der Waals surface area contributed by atoms with Gasteiger partial charge >= 0.3 is 12.4 Å². The van der Waals surface area contributed by atoms with E-state index < -0.39 is 30.0 Å². The molecule has 1 aromatic heterocycles. The van der Waals surface area contributed by atoms with Gasteiger partial charge in [0.25, 0.3) is 0 Å². The molecule has 0 amide bonds. The molecule has 0 saturated heterocycles. The number of pyridine rings is 1. The minimum absolute atomic E-state index is 0.000995. The summed E-state index contributed by atoms with van der Waals surface area (Å²) in [6.07, 6.45) is -9.36. The summed E-state index contributed by atoms with van der Waals surface area (Å²) in [5.74, 6) is -0.268. The van der Waals surface area contributed by atoms with Crippen LogP contribution in [0.25, 0.3) is 10.9 Å². The number of hydrogen-bond donors (Lipinski definition) is 1. The zero-order valence-electron chi connectivity index (χ0n) is 13.5. The van der Waals surface area contributed by atoms with Gasteiger partial charge in [-0.1, -0.05) is 6.92 Å². The van der Waals surface area contributed by atoms with Gasteiger partial charge in [0.1, 0.15) is 12.3 Å². The van der Waals surface area contributed by atoms with E-state index in [0.29, 0.717) is 6.07 Å². The van der Waals surface area contributed by atoms with E-state index in [-0.39, 0.29) is 41.4 Å². The maximum atomic E-state index is 13.3. The number of aromatic amines is 1. The molecule has 0 bridgehead atoms. The number of nitrogens with one attached hydrogen (secondary N) is 1. The summed E-state index contributed by atoms with van der Waals surface area (Å²) in [6, 6.07) is 2.53. The van der Waals surface area contributed by atoms with Gasteiger partial charge in [-0.05, 0) is 6.07 Å². The Hall–Kier alpha value is -2.39. The van der Waals surface area contributed by atoms with Crippen molar-refractivity contribution in [1.29, 1.82) is 0 Å². The first-order valence-electron chi connectivity index (χ1n) is 7.67. The lowest BCUT2D eigenvalue weighted by Gasteiger charge is -2.27. The van der Waals surface area contributed by atoms with Crippen LogP contribution in [0.4, 0.5) is 32.0 Å². The highest BCUT2D eigenvalue weighted by Gasteiger charge is 2.36. The predicted octanol–water partition coefficient (Wildman–Crippen LogP) is 3.94. The van der Waals surface area contributed by atoms with Gasteiger partial charge in [0.2, 0.25) is 5.56 Å². The van der Waals surface area contributed by atoms with Gasteiger partial charge in [0.05, 0.1) is 23.4 Å². The second-order valence-corrected chi connectivity index (χ2v) is 6.32. The Morgan fingerprint density at radius 1 is 1.19 bits per heavy atom. The second-order valence-electron chi connectivity index (χ2n) is 6.32. The average Bonchev–Trinajstić information content (AvgIpc) is 2.61. The Balaban J connectivity index is 2.24. The largest absolute Gasteiger partial charge is 0.491 e. The molecule has 0 saturated carbocycles. The first-order chi connectivity index (χ1) is 11.9. The van der Waals surface area contributed by atoms with Crippen molar-refractivity contribution < 1.29 is 31.1 Å². The molecule has 1 N–H and O–H groups in total. The average molecular weight is 380 g/mol. The van der Waals surface area contributed by atoms with Crippen molar-refractivity contribution in [2.24, 2.45) is 5.92 Å². The zero-order chi connectivity index (χ0) is 19.3. The van der Waals surface area contributed by atoms with Crippen molar-refractivity contribution in [1.82, 2.24) is 4.98 Å². The summed E-state index contributed by atoms with van der Waals surface area (Å²) in [7, 11) is 0. The van der Waals surface area contributed by atoms with Crippen molar-refractivity contribution in [3.63, 3.8) is 0 Å². The Morgan fingerprint density at radius 2 is 1.88 bits per heavy atom. The topological polar surface area (TPSA) is 45.3 Å². The van der Waals surface area contributed by atoms with Crippen LogP contribution in [0, 0.1) is 5.92 Å². The van der Waals surface area contributed by atoms with E-state index in [1.54, 1.807) is 6.92 Å². The van der Waals surface area contributed by atoms with Crippen LogP contribution in [0.1, 0.15) is 12.5 Å². The van der Waals surface area contributed by atoms with Crippen molar-refractivity contribution in [2.75, 3.05) is 24.6 Å². The monoisotopic (exact) mass is 380 g/mol. The highest BCUT2D eigenvalue weighted by molar-refractivity contribution is 5.89. The van der Waals surface area contributed by atoms with E-state index >= 15 is 0 Å². The molecular formula is C16H14F6N2O2. The Labute approximate surface area is 143 Å². The number of H-pyrrole nitrogens is 1. The zero-order valence-corrected chi connectivity index (χ0v) is 13.5. The molecular weight excluding hydrogens is 366 g/mol. The quantitative estimate of drug-likeness (QED) is 0.763. The van der Waals surface area contributed by atoms with Gasteiger partial charge in [0.15, 0.2) is 0 Å². The van der Waals surface area contributed by atoms with Crippen molar-refractivity contribution in [2.45, 2.75) is 19.3 Å². The third-order valence-electron chi connectivity index (χ3n) is 3.99. The third-order valence-corrected chi connectivity index (χ3v) is 3.99. The highest BCUT2D eigenvalue weighted by Crippen LogP contribution is 2.40. The summed E-state index contributed by atoms with van der Waals surface area (Å²) in [5, 5.41) is -0.388. The first-order valence-corrected chi connectivity index (χ1v) is 7.67. The van der Waals surface area contributed by atoms with Gasteiger partial charge < -0.3 is 14.6 Å². The molecule has 2 aromatic rings. The van der Waals surface area contributed by atoms with Crippen LogP contribution in [-0.2, 0) is 6.18 Å². The molecule has 0 aliphatic carbocycles. The fourth-order valence-electron chi connectivity index (χ4n) is 3.00. The summed E-state index contributed by atoms with van der Waals surface area (Å²) in [4.78, 5) is 14.8. The van der Waals surface area contributed by atoms with Crippen LogP contribution < -0.4 is 15.2 Å². The van der Waals surface area contributed by atoms with Crippen molar-refractivity contribution in [3.05, 3.63) is 34.1 Å². The molecule has 0 radical (unpaired) electrons. The maximum Gasteiger partial charge on any atom is 0.417 e. The number of anilines is 1. The lowest BCUT2D eigenvalue weighted by Crippen LogP contribution is -2.37. The molecule has 1 unspecified atom stereocenters. The summed E-state index contributed by atoms with van der Waals surface area (Å²) < 4.78 is 84.0. The number of benzene rings is 1. The van der Waals surface area contributed by atoms with Crippen LogP contribution in [0.3, 0.4) is 0 Å². The first kappa shape index (κ1) is 18.4. The summed E-state index contributed by atoms with van der Waals surface area (Å²) in [6.45, 7) is 0.445. The SMILES string of the molecule is CC1COc2cc3[nH]c(=O)cc(C(F)(F)F)c3cc2N(CC(F)(F)F)C1. The number of aromatic nitrogens is 1. The van der Waals surface area contributed by atoms with Gasteiger partial charge in [-0.2, -0.15) is 26.3 Å². The minimum atomic E-state index is -4.82. The van der Waals surface area contributed by atoms with E-state index in [9.17, 15) is 31.1 Å². The molecule has 142 valence electrons. The molecule has 0 fully saturated rings. The number of ether oxygens (including phenoxy) is 1. The Kier molecular flexibility index (Phi) is 4.32. The molecule has 4 nitrogen and oxygen atoms in total. The number of hydrogen-bond acceptors (Lipinski definition) is 3. The molecule has 1 aliphatic rings. The van der Waals surface area contributed by atoms with E-state index in [1.807, 2.05) is 0 Å². The summed E-state index contributed by atoms with van der Waals surface area (Å²) >= 11 is 0. The molecule has 3 rings (SSSR count). The van der Waals surface area contributed by atoms with E-state index in [2.05, 4.69) is 4.98 Å². The van der Waals surface area contributed by atoms with Crippen molar-refractivity contribution in [3.8, 4) is 5.75 Å². The molecule has 26 heavy (non-hydrogen) atoms. The van der Waals surface area contributed by atoms with Gasteiger partial charge in [0, 0.05) is 30.0 Å². The normalized spacial score (nSPS) is 18.4. The van der Waals surface area contributed by atoms with Crippen LogP contribution in [0.5, 0.6) is 5.75 Å². The fraction of sp³-hybridized carbons (Fsp3) is 0.438. The summed E-state index contributed by atoms with van der Waals surface area (Å²) in [5.41, 5.74) is -2.40. The molecule has 10 heteroatoms. The highest BCUT2D eigenvalue weighted by atomic mass is 19.4. The number of halogens is 6. The number of nitrogens with zero attached hydrogens (tertiary/aromatic N) is 1. The number of rotatable bonds is 1. The Bertz CT molecular complexity index is 887. The number of fused-ring (bicyclic) bond motifs is 2. The maximum absolute atomic E-state index is 13.3. The lowest BCUT2D eigenvalue weighted by atomic mass is 10.1. The fourth-order valence-corrected chi connectivity index (χ4v) is 3.00. The smallest absolute Gasteiger partial charge is 0.417 e. The van der Waals surface area contributed by atoms with E-state index in [4.69, 9.17) is 4.74 Å². The molecule has 2 heterocycles. The van der Waals surface area contributed by atoms with Gasteiger partial charge in [-0.15, -0.1) is 0 Å². The molecule has 1 aromatic carbocycles. The van der Waals surface area contributed by atoms with E-state index in [0.717, 1.165) is 17.0 Å². The number of alkyl halides is 6. The standard InChI is InChI=1S/C16H14F6N2O2/c1-8-5-24(7-15(17,18)19)12-2-9-10(16(20,21)22)3-14(25)23-11(9)4-13(12)26-6-8/h2-4,8H,5-7H2,1H3,(H,23,25). The minimum Gasteiger partial charge on any atom is -0.491 e. The van der Waals surface area contributed by atoms with Crippen LogP contribution >= 0.6 is 0 Å². The van der Waals surface area contributed by atoms with Crippen molar-refractivity contribution >= 4 is 16.6 Å². The van der Waals surface area contributed by atoms with Crippen LogP contribution in [0.2, 0.25) is 0 Å². The molecule has 1 aliphatic heterocycles. The van der Waals surface area contributed by atoms with Gasteiger partial charge in [-0.25, -0.2) is 0 Å². The molecule has 0 spiro atoms. The van der Waals surface area contributed by atoms with Crippen LogP contribution in [0.15, 0.2) is 23.0 Å². The van der Waals surface area contributed by atoms with Crippen LogP contribution in [-0.4, -0.2) is 30.9 Å².